The number of hydrogen-bond acceptors (Lipinski definition) is 3. The third-order valence-corrected chi connectivity index (χ3v) is 2.52. The second-order valence-corrected chi connectivity index (χ2v) is 3.96. The minimum atomic E-state index is -0.289. The molecule has 0 aliphatic carbocycles. The van der Waals surface area contributed by atoms with Gasteiger partial charge in [0.15, 0.2) is 0 Å². The van der Waals surface area contributed by atoms with Gasteiger partial charge in [0.25, 0.3) is 0 Å². The van der Waals surface area contributed by atoms with E-state index in [0.29, 0.717) is 19.6 Å². The number of carbonyl (C=O) groups excluding carboxylic acids is 1. The van der Waals surface area contributed by atoms with Crippen molar-refractivity contribution in [3.8, 4) is 0 Å². The molecule has 0 aliphatic heterocycles. The van der Waals surface area contributed by atoms with E-state index in [9.17, 15) is 9.18 Å². The molecule has 1 aromatic rings. The molecule has 0 fully saturated rings. The summed E-state index contributed by atoms with van der Waals surface area (Å²) >= 11 is 0. The Balaban J connectivity index is 2.70. The summed E-state index contributed by atoms with van der Waals surface area (Å²) < 4.78 is 13.0. The van der Waals surface area contributed by atoms with Gasteiger partial charge in [-0.3, -0.25) is 9.69 Å². The Hall–Kier alpha value is -1.46. The Kier molecular flexibility index (Phi) is 5.06. The third-order valence-electron chi connectivity index (χ3n) is 2.52. The summed E-state index contributed by atoms with van der Waals surface area (Å²) in [6.45, 7) is 1.17. The van der Waals surface area contributed by atoms with Crippen LogP contribution in [0.1, 0.15) is 11.1 Å². The molecule has 0 atom stereocenters. The van der Waals surface area contributed by atoms with Crippen LogP contribution in [0.2, 0.25) is 0 Å². The molecule has 0 spiro atoms. The molecular formula is C12H18FN3O. The van der Waals surface area contributed by atoms with Gasteiger partial charge in [0.2, 0.25) is 5.91 Å². The Morgan fingerprint density at radius 2 is 2.18 bits per heavy atom. The molecule has 0 radical (unpaired) electrons. The van der Waals surface area contributed by atoms with Crippen molar-refractivity contribution in [2.45, 2.75) is 13.1 Å². The second-order valence-electron chi connectivity index (χ2n) is 3.96. The zero-order valence-corrected chi connectivity index (χ0v) is 10.2. The summed E-state index contributed by atoms with van der Waals surface area (Å²) in [5.74, 6) is -0.341. The van der Waals surface area contributed by atoms with Crippen molar-refractivity contribution in [3.05, 3.63) is 35.1 Å². The molecule has 0 heterocycles. The highest BCUT2D eigenvalue weighted by Crippen LogP contribution is 2.12. The van der Waals surface area contributed by atoms with E-state index >= 15 is 0 Å². The van der Waals surface area contributed by atoms with Crippen LogP contribution in [0.3, 0.4) is 0 Å². The monoisotopic (exact) mass is 239 g/mol. The minimum absolute atomic E-state index is 0.0519. The first-order valence-electron chi connectivity index (χ1n) is 5.43. The number of benzene rings is 1. The molecule has 1 amide bonds. The van der Waals surface area contributed by atoms with E-state index < -0.39 is 0 Å². The van der Waals surface area contributed by atoms with Crippen molar-refractivity contribution in [2.75, 3.05) is 20.6 Å². The van der Waals surface area contributed by atoms with E-state index in [2.05, 4.69) is 5.32 Å². The van der Waals surface area contributed by atoms with E-state index in [-0.39, 0.29) is 11.7 Å². The van der Waals surface area contributed by atoms with Crippen molar-refractivity contribution >= 4 is 5.91 Å². The van der Waals surface area contributed by atoms with Crippen LogP contribution in [0.15, 0.2) is 18.2 Å². The van der Waals surface area contributed by atoms with Gasteiger partial charge in [-0.05, 0) is 30.3 Å². The Morgan fingerprint density at radius 1 is 1.47 bits per heavy atom. The number of halogens is 1. The van der Waals surface area contributed by atoms with Crippen LogP contribution in [-0.2, 0) is 17.9 Å². The maximum atomic E-state index is 13.0. The molecule has 0 bridgehead atoms. The highest BCUT2D eigenvalue weighted by Gasteiger charge is 2.08. The van der Waals surface area contributed by atoms with Gasteiger partial charge in [0.1, 0.15) is 5.82 Å². The molecule has 5 heteroatoms. The number of carbonyl (C=O) groups is 1. The molecule has 0 aliphatic rings. The zero-order chi connectivity index (χ0) is 12.8. The molecule has 0 unspecified atom stereocenters. The number of amides is 1. The van der Waals surface area contributed by atoms with Gasteiger partial charge in [-0.2, -0.15) is 0 Å². The number of likely N-dealkylation sites (N-methyl/N-ethyl adjacent to an activating group) is 2. The molecule has 0 saturated carbocycles. The molecular weight excluding hydrogens is 221 g/mol. The van der Waals surface area contributed by atoms with Crippen molar-refractivity contribution in [1.82, 2.24) is 10.2 Å². The number of nitrogens with zero attached hydrogens (tertiary/aromatic N) is 1. The van der Waals surface area contributed by atoms with E-state index in [4.69, 9.17) is 5.73 Å². The fourth-order valence-electron chi connectivity index (χ4n) is 1.61. The molecule has 1 rings (SSSR count). The molecule has 0 aromatic heterocycles. The largest absolute Gasteiger partial charge is 0.358 e. The highest BCUT2D eigenvalue weighted by atomic mass is 19.1. The topological polar surface area (TPSA) is 58.4 Å². The summed E-state index contributed by atoms with van der Waals surface area (Å²) in [6, 6.07) is 4.54. The van der Waals surface area contributed by atoms with Gasteiger partial charge in [-0.1, -0.05) is 6.07 Å². The van der Waals surface area contributed by atoms with Crippen LogP contribution < -0.4 is 11.1 Å². The zero-order valence-electron chi connectivity index (χ0n) is 10.2. The molecule has 4 nitrogen and oxygen atoms in total. The van der Waals surface area contributed by atoms with Gasteiger partial charge in [-0.15, -0.1) is 0 Å². The summed E-state index contributed by atoms with van der Waals surface area (Å²) in [5.41, 5.74) is 7.27. The van der Waals surface area contributed by atoms with E-state index in [1.165, 1.54) is 12.1 Å². The van der Waals surface area contributed by atoms with Crippen LogP contribution in [0.4, 0.5) is 4.39 Å². The summed E-state index contributed by atoms with van der Waals surface area (Å²) in [6.07, 6.45) is 0. The fraction of sp³-hybridized carbons (Fsp3) is 0.417. The predicted octanol–water partition coefficient (Wildman–Crippen LogP) is 0.462. The number of hydrogen-bond donors (Lipinski definition) is 2. The minimum Gasteiger partial charge on any atom is -0.358 e. The first-order valence-corrected chi connectivity index (χ1v) is 5.43. The van der Waals surface area contributed by atoms with Crippen molar-refractivity contribution in [1.29, 1.82) is 0 Å². The Bertz CT molecular complexity index is 395. The van der Waals surface area contributed by atoms with Crippen LogP contribution in [-0.4, -0.2) is 31.4 Å². The van der Waals surface area contributed by atoms with Gasteiger partial charge < -0.3 is 11.1 Å². The second kappa shape index (κ2) is 6.32. The fourth-order valence-corrected chi connectivity index (χ4v) is 1.61. The lowest BCUT2D eigenvalue weighted by Gasteiger charge is -2.17. The normalized spacial score (nSPS) is 10.6. The molecule has 94 valence electrons. The molecule has 3 N–H and O–H groups in total. The van der Waals surface area contributed by atoms with Gasteiger partial charge in [0.05, 0.1) is 6.54 Å². The lowest BCUT2D eigenvalue weighted by atomic mass is 10.1. The number of nitrogens with two attached hydrogens (primary N) is 1. The average molecular weight is 239 g/mol. The lowest BCUT2D eigenvalue weighted by molar-refractivity contribution is -0.121. The average Bonchev–Trinajstić information content (AvgIpc) is 2.31. The molecule has 0 saturated heterocycles. The molecule has 1 aromatic carbocycles. The maximum absolute atomic E-state index is 13.0. The van der Waals surface area contributed by atoms with E-state index in [1.54, 1.807) is 13.1 Å². The number of nitrogens with one attached hydrogen (secondary N) is 1. The summed E-state index contributed by atoms with van der Waals surface area (Å²) in [5, 5.41) is 2.55. The smallest absolute Gasteiger partial charge is 0.233 e. The van der Waals surface area contributed by atoms with Crippen molar-refractivity contribution < 1.29 is 9.18 Å². The number of rotatable bonds is 5. The van der Waals surface area contributed by atoms with Gasteiger partial charge in [-0.25, -0.2) is 4.39 Å². The van der Waals surface area contributed by atoms with Gasteiger partial charge >= 0.3 is 0 Å². The van der Waals surface area contributed by atoms with E-state index in [0.717, 1.165) is 11.1 Å². The summed E-state index contributed by atoms with van der Waals surface area (Å²) in [7, 11) is 3.43. The van der Waals surface area contributed by atoms with Crippen LogP contribution in [0.25, 0.3) is 0 Å². The van der Waals surface area contributed by atoms with Crippen LogP contribution in [0, 0.1) is 5.82 Å². The van der Waals surface area contributed by atoms with E-state index in [1.807, 2.05) is 11.9 Å². The first kappa shape index (κ1) is 13.6. The SMILES string of the molecule is CNC(=O)CN(C)Cc1ccc(F)cc1CN. The van der Waals surface area contributed by atoms with Gasteiger partial charge in [0, 0.05) is 20.1 Å². The lowest BCUT2D eigenvalue weighted by Crippen LogP contribution is -2.32. The Labute approximate surface area is 101 Å². The predicted molar refractivity (Wildman–Crippen MR) is 64.7 cm³/mol. The summed E-state index contributed by atoms with van der Waals surface area (Å²) in [4.78, 5) is 13.0. The van der Waals surface area contributed by atoms with Crippen LogP contribution >= 0.6 is 0 Å². The standard InChI is InChI=1S/C12H18FN3O/c1-15-12(17)8-16(2)7-9-3-4-11(13)5-10(9)6-14/h3-5H,6-8,14H2,1-2H3,(H,15,17). The maximum Gasteiger partial charge on any atom is 0.233 e. The van der Waals surface area contributed by atoms with Crippen molar-refractivity contribution in [2.24, 2.45) is 5.73 Å². The quantitative estimate of drug-likeness (QED) is 0.785. The first-order chi connectivity index (χ1) is 8.06. The van der Waals surface area contributed by atoms with Crippen LogP contribution in [0.5, 0.6) is 0 Å². The third kappa shape index (κ3) is 4.13. The molecule has 17 heavy (non-hydrogen) atoms. The Morgan fingerprint density at radius 3 is 2.76 bits per heavy atom. The highest BCUT2D eigenvalue weighted by molar-refractivity contribution is 5.77. The van der Waals surface area contributed by atoms with Crippen molar-refractivity contribution in [3.63, 3.8) is 0 Å².